The maximum atomic E-state index is 10.4. The number of carbonyl (C=O) groups is 2. The molecule has 0 aliphatic carbocycles. The fraction of sp³-hybridized carbons (Fsp3) is 0.333. The standard InChI is InChI=1S/C6H10O2.C3H4O2/c1-4-8-6(7)5(2)3;1-2-3(4)5/h2,4H2,1,3H3;2H,1H2,(H,4,5)/p-1. The smallest absolute Gasteiger partial charge is 0.333 e. The van der Waals surface area contributed by atoms with Gasteiger partial charge in [-0.15, -0.1) is 0 Å². The van der Waals surface area contributed by atoms with E-state index < -0.39 is 5.97 Å². The van der Waals surface area contributed by atoms with Crippen LogP contribution < -0.4 is 5.11 Å². The van der Waals surface area contributed by atoms with E-state index in [1.165, 1.54) is 0 Å². The van der Waals surface area contributed by atoms with Gasteiger partial charge in [-0.2, -0.15) is 0 Å². The lowest BCUT2D eigenvalue weighted by molar-refractivity contribution is -0.297. The first kappa shape index (κ1) is 14.0. The zero-order valence-corrected chi connectivity index (χ0v) is 7.83. The van der Waals surface area contributed by atoms with Crippen LogP contribution in [0, 0.1) is 0 Å². The van der Waals surface area contributed by atoms with Crippen molar-refractivity contribution < 1.29 is 19.4 Å². The molecule has 0 aromatic rings. The quantitative estimate of drug-likeness (QED) is 0.460. The van der Waals surface area contributed by atoms with Gasteiger partial charge in [-0.1, -0.05) is 13.2 Å². The van der Waals surface area contributed by atoms with E-state index >= 15 is 0 Å². The molecule has 0 radical (unpaired) electrons. The lowest BCUT2D eigenvalue weighted by Crippen LogP contribution is -2.17. The normalized spacial score (nSPS) is 7.54. The molecule has 0 saturated heterocycles. The van der Waals surface area contributed by atoms with Crippen LogP contribution in [0.2, 0.25) is 0 Å². The van der Waals surface area contributed by atoms with Crippen molar-refractivity contribution in [3.05, 3.63) is 24.8 Å². The minimum atomic E-state index is -1.23. The van der Waals surface area contributed by atoms with Gasteiger partial charge in [0.15, 0.2) is 0 Å². The van der Waals surface area contributed by atoms with Crippen LogP contribution in [-0.4, -0.2) is 18.5 Å². The maximum Gasteiger partial charge on any atom is 0.333 e. The molecule has 0 aliphatic rings. The topological polar surface area (TPSA) is 66.4 Å². The van der Waals surface area contributed by atoms with Crippen molar-refractivity contribution >= 4 is 11.9 Å². The summed E-state index contributed by atoms with van der Waals surface area (Å²) in [6.45, 7) is 10.1. The van der Waals surface area contributed by atoms with Gasteiger partial charge in [0, 0.05) is 5.57 Å². The molecule has 0 atom stereocenters. The molecule has 74 valence electrons. The average molecular weight is 185 g/mol. The number of hydrogen-bond donors (Lipinski definition) is 0. The Kier molecular flexibility index (Phi) is 9.15. The molecule has 0 bridgehead atoms. The highest BCUT2D eigenvalue weighted by Crippen LogP contribution is 1.89. The minimum absolute atomic E-state index is 0.312. The summed E-state index contributed by atoms with van der Waals surface area (Å²) in [6.07, 6.45) is 0.722. The third-order valence-electron chi connectivity index (χ3n) is 0.791. The summed E-state index contributed by atoms with van der Waals surface area (Å²) in [4.78, 5) is 19.6. The molecule has 0 aliphatic heterocycles. The van der Waals surface area contributed by atoms with Crippen molar-refractivity contribution in [2.24, 2.45) is 0 Å². The molecular weight excluding hydrogens is 172 g/mol. The Hall–Kier alpha value is -1.58. The largest absolute Gasteiger partial charge is 0.545 e. The van der Waals surface area contributed by atoms with Gasteiger partial charge in [0.25, 0.3) is 0 Å². The number of esters is 1. The molecular formula is C9H13O4-. The second-order valence-corrected chi connectivity index (χ2v) is 2.02. The van der Waals surface area contributed by atoms with Crippen LogP contribution in [0.15, 0.2) is 24.8 Å². The lowest BCUT2D eigenvalue weighted by atomic mass is 10.4. The summed E-state index contributed by atoms with van der Waals surface area (Å²) in [7, 11) is 0. The number of carboxylic acid groups (broad SMARTS) is 1. The highest BCUT2D eigenvalue weighted by Gasteiger charge is 1.98. The van der Waals surface area contributed by atoms with Crippen LogP contribution in [0.4, 0.5) is 0 Å². The van der Waals surface area contributed by atoms with E-state index in [0.29, 0.717) is 12.2 Å². The molecule has 0 unspecified atom stereocenters. The maximum absolute atomic E-state index is 10.4. The van der Waals surface area contributed by atoms with Gasteiger partial charge < -0.3 is 14.6 Å². The third-order valence-corrected chi connectivity index (χ3v) is 0.791. The summed E-state index contributed by atoms with van der Waals surface area (Å²) in [5, 5.41) is 9.14. The molecule has 0 fully saturated rings. The van der Waals surface area contributed by atoms with Crippen LogP contribution in [0.25, 0.3) is 0 Å². The summed E-state index contributed by atoms with van der Waals surface area (Å²) >= 11 is 0. The van der Waals surface area contributed by atoms with E-state index in [-0.39, 0.29) is 5.97 Å². The average Bonchev–Trinajstić information content (AvgIpc) is 2.06. The van der Waals surface area contributed by atoms with Crippen molar-refractivity contribution in [2.45, 2.75) is 13.8 Å². The Bertz CT molecular complexity index is 206. The van der Waals surface area contributed by atoms with E-state index in [4.69, 9.17) is 9.90 Å². The van der Waals surface area contributed by atoms with E-state index in [1.807, 2.05) is 0 Å². The monoisotopic (exact) mass is 185 g/mol. The number of ether oxygens (including phenoxy) is 1. The second-order valence-electron chi connectivity index (χ2n) is 2.02. The fourth-order valence-corrected chi connectivity index (χ4v) is 0.254. The molecule has 4 nitrogen and oxygen atoms in total. The number of rotatable bonds is 3. The highest BCUT2D eigenvalue weighted by atomic mass is 16.5. The molecule has 0 amide bonds. The molecule has 0 aromatic heterocycles. The van der Waals surface area contributed by atoms with Gasteiger partial charge in [0.2, 0.25) is 0 Å². The van der Waals surface area contributed by atoms with Crippen LogP contribution >= 0.6 is 0 Å². The third kappa shape index (κ3) is 13.4. The van der Waals surface area contributed by atoms with Gasteiger partial charge in [0.1, 0.15) is 0 Å². The number of aliphatic carboxylic acids is 1. The summed E-state index contributed by atoms with van der Waals surface area (Å²) < 4.78 is 4.56. The predicted octanol–water partition coefficient (Wildman–Crippen LogP) is 0.0479. The van der Waals surface area contributed by atoms with Crippen molar-refractivity contribution in [1.29, 1.82) is 0 Å². The molecule has 4 heteroatoms. The molecule has 0 rings (SSSR count). The van der Waals surface area contributed by atoms with E-state index in [2.05, 4.69) is 17.9 Å². The second kappa shape index (κ2) is 8.52. The first-order valence-corrected chi connectivity index (χ1v) is 3.61. The summed E-state index contributed by atoms with van der Waals surface area (Å²) in [5.74, 6) is -1.54. The molecule has 0 aromatic carbocycles. The molecule has 0 N–H and O–H groups in total. The molecule has 0 spiro atoms. The number of hydrogen-bond acceptors (Lipinski definition) is 4. The Morgan fingerprint density at radius 2 is 1.92 bits per heavy atom. The van der Waals surface area contributed by atoms with Crippen molar-refractivity contribution in [2.75, 3.05) is 6.61 Å². The fourth-order valence-electron chi connectivity index (χ4n) is 0.254. The van der Waals surface area contributed by atoms with Crippen LogP contribution in [0.3, 0.4) is 0 Å². The first-order chi connectivity index (χ1) is 5.95. The van der Waals surface area contributed by atoms with Gasteiger partial charge in [-0.25, -0.2) is 4.79 Å². The number of carboxylic acids is 1. The minimum Gasteiger partial charge on any atom is -0.545 e. The van der Waals surface area contributed by atoms with Gasteiger partial charge >= 0.3 is 5.97 Å². The number of carbonyl (C=O) groups excluding carboxylic acids is 2. The molecule has 13 heavy (non-hydrogen) atoms. The first-order valence-electron chi connectivity index (χ1n) is 3.61. The van der Waals surface area contributed by atoms with Gasteiger partial charge in [0.05, 0.1) is 12.6 Å². The van der Waals surface area contributed by atoms with E-state index in [1.54, 1.807) is 13.8 Å². The van der Waals surface area contributed by atoms with Gasteiger partial charge in [-0.3, -0.25) is 0 Å². The van der Waals surface area contributed by atoms with E-state index in [9.17, 15) is 4.79 Å². The van der Waals surface area contributed by atoms with Crippen LogP contribution in [0.5, 0.6) is 0 Å². The van der Waals surface area contributed by atoms with Gasteiger partial charge in [-0.05, 0) is 19.9 Å². The Morgan fingerprint density at radius 3 is 2.00 bits per heavy atom. The lowest BCUT2D eigenvalue weighted by Gasteiger charge is -1.96. The summed E-state index contributed by atoms with van der Waals surface area (Å²) in [6, 6.07) is 0. The Morgan fingerprint density at radius 1 is 1.54 bits per heavy atom. The van der Waals surface area contributed by atoms with Crippen LogP contribution in [0.1, 0.15) is 13.8 Å². The predicted molar refractivity (Wildman–Crippen MR) is 46.7 cm³/mol. The van der Waals surface area contributed by atoms with Crippen molar-refractivity contribution in [3.63, 3.8) is 0 Å². The van der Waals surface area contributed by atoms with Crippen molar-refractivity contribution in [1.82, 2.24) is 0 Å². The summed E-state index contributed by atoms with van der Waals surface area (Å²) in [5.41, 5.74) is 0.451. The van der Waals surface area contributed by atoms with E-state index in [0.717, 1.165) is 6.08 Å². The van der Waals surface area contributed by atoms with Crippen LogP contribution in [-0.2, 0) is 14.3 Å². The zero-order chi connectivity index (χ0) is 10.9. The molecule has 0 saturated carbocycles. The zero-order valence-electron chi connectivity index (χ0n) is 7.83. The highest BCUT2D eigenvalue weighted by molar-refractivity contribution is 5.86. The SMILES string of the molecule is C=C(C)C(=O)OCC.C=CC(=O)[O-]. The Labute approximate surface area is 77.5 Å². The molecule has 0 heterocycles. The van der Waals surface area contributed by atoms with Crippen molar-refractivity contribution in [3.8, 4) is 0 Å². The Balaban J connectivity index is 0.